The summed E-state index contributed by atoms with van der Waals surface area (Å²) in [6.07, 6.45) is 1.35. The van der Waals surface area contributed by atoms with Gasteiger partial charge in [0.15, 0.2) is 0 Å². The van der Waals surface area contributed by atoms with Crippen LogP contribution in [-0.2, 0) is 9.59 Å². The van der Waals surface area contributed by atoms with Gasteiger partial charge in [0, 0.05) is 11.3 Å². The van der Waals surface area contributed by atoms with E-state index in [1.165, 1.54) is 6.21 Å². The zero-order valence-corrected chi connectivity index (χ0v) is 18.3. The molecule has 0 aromatic heterocycles. The number of nitrogens with one attached hydrogen (secondary N) is 2. The van der Waals surface area contributed by atoms with Crippen LogP contribution in [0.15, 0.2) is 96.1 Å². The summed E-state index contributed by atoms with van der Waals surface area (Å²) in [7, 11) is 0. The number of ether oxygens (including phenoxy) is 1. The summed E-state index contributed by atoms with van der Waals surface area (Å²) < 4.78 is 5.61. The molecule has 0 atom stereocenters. The highest BCUT2D eigenvalue weighted by Crippen LogP contribution is 2.27. The van der Waals surface area contributed by atoms with Gasteiger partial charge < -0.3 is 10.1 Å². The minimum absolute atomic E-state index is 0.273. The van der Waals surface area contributed by atoms with Crippen molar-refractivity contribution in [2.45, 2.75) is 6.92 Å². The number of aryl methyl sites for hydroxylation is 1. The predicted molar refractivity (Wildman–Crippen MR) is 131 cm³/mol. The van der Waals surface area contributed by atoms with Crippen molar-refractivity contribution in [3.05, 3.63) is 108 Å². The molecule has 0 unspecified atom stereocenters. The van der Waals surface area contributed by atoms with Crippen molar-refractivity contribution < 1.29 is 19.1 Å². The number of hydrogen-bond acceptors (Lipinski definition) is 5. The van der Waals surface area contributed by atoms with Crippen LogP contribution < -0.4 is 15.5 Å². The fourth-order valence-electron chi connectivity index (χ4n) is 3.35. The van der Waals surface area contributed by atoms with E-state index in [0.717, 1.165) is 16.3 Å². The van der Waals surface area contributed by atoms with E-state index < -0.39 is 17.8 Å². The Hall–Kier alpha value is -4.78. The van der Waals surface area contributed by atoms with Crippen LogP contribution in [0.3, 0.4) is 0 Å². The van der Waals surface area contributed by atoms with Gasteiger partial charge in [-0.05, 0) is 53.6 Å². The summed E-state index contributed by atoms with van der Waals surface area (Å²) >= 11 is 0. The topological polar surface area (TPSA) is 96.9 Å². The number of carbonyl (C=O) groups is 3. The van der Waals surface area contributed by atoms with Crippen LogP contribution in [0, 0.1) is 6.92 Å². The van der Waals surface area contributed by atoms with Crippen molar-refractivity contribution in [3.8, 4) is 5.75 Å². The molecule has 0 fully saturated rings. The quantitative estimate of drug-likeness (QED) is 0.154. The average molecular weight is 451 g/mol. The van der Waals surface area contributed by atoms with Crippen LogP contribution >= 0.6 is 0 Å². The van der Waals surface area contributed by atoms with Crippen molar-refractivity contribution in [1.29, 1.82) is 0 Å². The van der Waals surface area contributed by atoms with Gasteiger partial charge in [-0.15, -0.1) is 0 Å². The molecule has 2 N–H and O–H groups in total. The second kappa shape index (κ2) is 10.2. The maximum Gasteiger partial charge on any atom is 0.343 e. The molecule has 0 spiro atoms. The normalized spacial score (nSPS) is 10.7. The number of carbonyl (C=O) groups excluding carboxylic acids is 3. The minimum Gasteiger partial charge on any atom is -0.422 e. The summed E-state index contributed by atoms with van der Waals surface area (Å²) in [5, 5.41) is 8.12. The smallest absolute Gasteiger partial charge is 0.343 e. The molecular weight excluding hydrogens is 430 g/mol. The predicted octanol–water partition coefficient (Wildman–Crippen LogP) is 4.46. The molecule has 0 aliphatic rings. The molecule has 7 nitrogen and oxygen atoms in total. The standard InChI is InChI=1S/C27H21N3O4/c1-18-8-7-12-21(16-18)29-25(31)26(32)30-28-17-23-22-13-6-5-9-19(22)14-15-24(23)34-27(33)20-10-3-2-4-11-20/h2-17H,1H3,(H,29,31)(H,30,32)/b28-17+. The van der Waals surface area contributed by atoms with E-state index in [2.05, 4.69) is 15.8 Å². The van der Waals surface area contributed by atoms with E-state index in [4.69, 9.17) is 4.74 Å². The first-order valence-electron chi connectivity index (χ1n) is 10.5. The number of nitrogens with zero attached hydrogens (tertiary/aromatic N) is 1. The van der Waals surface area contributed by atoms with Gasteiger partial charge in [-0.1, -0.05) is 60.7 Å². The lowest BCUT2D eigenvalue weighted by Gasteiger charge is -2.10. The van der Waals surface area contributed by atoms with E-state index in [9.17, 15) is 14.4 Å². The Morgan fingerprint density at radius 1 is 0.824 bits per heavy atom. The molecule has 0 heterocycles. The van der Waals surface area contributed by atoms with Gasteiger partial charge >= 0.3 is 17.8 Å². The zero-order valence-electron chi connectivity index (χ0n) is 18.3. The fourth-order valence-corrected chi connectivity index (χ4v) is 3.35. The van der Waals surface area contributed by atoms with Gasteiger partial charge in [-0.2, -0.15) is 5.10 Å². The van der Waals surface area contributed by atoms with Gasteiger partial charge in [0.1, 0.15) is 5.75 Å². The van der Waals surface area contributed by atoms with Crippen LogP contribution in [0.1, 0.15) is 21.5 Å². The molecule has 7 heteroatoms. The number of fused-ring (bicyclic) bond motifs is 1. The van der Waals surface area contributed by atoms with Crippen molar-refractivity contribution >= 4 is 40.5 Å². The Bertz CT molecular complexity index is 1400. The molecule has 0 aliphatic heterocycles. The molecule has 0 radical (unpaired) electrons. The van der Waals surface area contributed by atoms with Gasteiger partial charge in [-0.25, -0.2) is 10.2 Å². The lowest BCUT2D eigenvalue weighted by atomic mass is 10.0. The SMILES string of the molecule is Cc1cccc(NC(=O)C(=O)N/N=C/c2c(OC(=O)c3ccccc3)ccc3ccccc23)c1. The zero-order chi connectivity index (χ0) is 23.9. The van der Waals surface area contributed by atoms with Gasteiger partial charge in [-0.3, -0.25) is 9.59 Å². The van der Waals surface area contributed by atoms with Crippen LogP contribution in [0.2, 0.25) is 0 Å². The Morgan fingerprint density at radius 3 is 2.38 bits per heavy atom. The molecule has 0 saturated heterocycles. The average Bonchev–Trinajstić information content (AvgIpc) is 2.85. The highest BCUT2D eigenvalue weighted by atomic mass is 16.5. The number of esters is 1. The summed E-state index contributed by atoms with van der Waals surface area (Å²) in [5.74, 6) is -2.03. The minimum atomic E-state index is -0.930. The largest absolute Gasteiger partial charge is 0.422 e. The number of hydrazone groups is 1. The molecule has 0 aliphatic carbocycles. The first kappa shape index (κ1) is 22.4. The molecule has 2 amide bonds. The monoisotopic (exact) mass is 451 g/mol. The van der Waals surface area contributed by atoms with E-state index in [-0.39, 0.29) is 5.75 Å². The summed E-state index contributed by atoms with van der Waals surface area (Å²) in [5.41, 5.74) is 4.57. The molecule has 0 bridgehead atoms. The first-order chi connectivity index (χ1) is 16.5. The second-order valence-electron chi connectivity index (χ2n) is 7.48. The number of anilines is 1. The van der Waals surface area contributed by atoms with E-state index in [1.54, 1.807) is 48.5 Å². The lowest BCUT2D eigenvalue weighted by Crippen LogP contribution is -2.32. The Balaban J connectivity index is 1.54. The fraction of sp³-hybridized carbons (Fsp3) is 0.0370. The second-order valence-corrected chi connectivity index (χ2v) is 7.48. The number of benzene rings is 4. The van der Waals surface area contributed by atoms with Gasteiger partial charge in [0.25, 0.3) is 0 Å². The summed E-state index contributed by atoms with van der Waals surface area (Å²) in [6.45, 7) is 1.88. The highest BCUT2D eigenvalue weighted by molar-refractivity contribution is 6.39. The van der Waals surface area contributed by atoms with Crippen molar-refractivity contribution in [2.75, 3.05) is 5.32 Å². The van der Waals surface area contributed by atoms with Crippen LogP contribution in [0.25, 0.3) is 10.8 Å². The van der Waals surface area contributed by atoms with Crippen molar-refractivity contribution in [3.63, 3.8) is 0 Å². The number of rotatable bonds is 5. The number of amides is 2. The van der Waals surface area contributed by atoms with Crippen molar-refractivity contribution in [1.82, 2.24) is 5.43 Å². The van der Waals surface area contributed by atoms with Gasteiger partial charge in [0.2, 0.25) is 0 Å². The van der Waals surface area contributed by atoms with E-state index >= 15 is 0 Å². The lowest BCUT2D eigenvalue weighted by molar-refractivity contribution is -0.136. The van der Waals surface area contributed by atoms with E-state index in [1.807, 2.05) is 49.4 Å². The maximum atomic E-state index is 12.6. The molecule has 4 rings (SSSR count). The Labute approximate surface area is 196 Å². The van der Waals surface area contributed by atoms with Crippen LogP contribution in [0.5, 0.6) is 5.75 Å². The van der Waals surface area contributed by atoms with Crippen LogP contribution in [-0.4, -0.2) is 24.0 Å². The van der Waals surface area contributed by atoms with Gasteiger partial charge in [0.05, 0.1) is 11.8 Å². The summed E-state index contributed by atoms with van der Waals surface area (Å²) in [4.78, 5) is 37.0. The third-order valence-corrected chi connectivity index (χ3v) is 4.98. The third-order valence-electron chi connectivity index (χ3n) is 4.98. The van der Waals surface area contributed by atoms with E-state index in [0.29, 0.717) is 16.8 Å². The summed E-state index contributed by atoms with van der Waals surface area (Å²) in [6, 6.07) is 26.7. The molecule has 0 saturated carbocycles. The molecule has 4 aromatic carbocycles. The first-order valence-corrected chi connectivity index (χ1v) is 10.5. The Kier molecular flexibility index (Phi) is 6.74. The maximum absolute atomic E-state index is 12.6. The molecular formula is C27H21N3O4. The van der Waals surface area contributed by atoms with Crippen molar-refractivity contribution in [2.24, 2.45) is 5.10 Å². The van der Waals surface area contributed by atoms with Crippen LogP contribution in [0.4, 0.5) is 5.69 Å². The molecule has 168 valence electrons. The molecule has 34 heavy (non-hydrogen) atoms. The Morgan fingerprint density at radius 2 is 1.59 bits per heavy atom. The molecule has 4 aromatic rings. The number of hydrogen-bond donors (Lipinski definition) is 2. The highest BCUT2D eigenvalue weighted by Gasteiger charge is 2.15. The third kappa shape index (κ3) is 5.34.